The zero-order valence-electron chi connectivity index (χ0n) is 22.7. The van der Waals surface area contributed by atoms with Gasteiger partial charge in [0, 0.05) is 6.20 Å². The molecule has 0 saturated heterocycles. The number of carbonyl (C=O) groups excluding carboxylic acids is 2. The molecule has 8 nitrogen and oxygen atoms in total. The molecule has 0 aliphatic carbocycles. The molecule has 2 aromatic heterocycles. The van der Waals surface area contributed by atoms with Gasteiger partial charge < -0.3 is 19.9 Å². The average molecular weight is 556 g/mol. The van der Waals surface area contributed by atoms with Gasteiger partial charge in [0.25, 0.3) is 0 Å². The van der Waals surface area contributed by atoms with Crippen molar-refractivity contribution < 1.29 is 27.5 Å². The van der Waals surface area contributed by atoms with E-state index in [1.54, 1.807) is 40.0 Å². The van der Waals surface area contributed by atoms with Gasteiger partial charge in [-0.05, 0) is 51.5 Å². The van der Waals surface area contributed by atoms with Crippen LogP contribution in [0, 0.1) is 6.92 Å². The Morgan fingerprint density at radius 1 is 0.950 bits per heavy atom. The highest BCUT2D eigenvalue weighted by Gasteiger charge is 2.29. The minimum atomic E-state index is -4.22. The number of rotatable bonds is 6. The molecular formula is C29H32F3N5O3. The van der Waals surface area contributed by atoms with Gasteiger partial charge in [0.15, 0.2) is 5.65 Å². The summed E-state index contributed by atoms with van der Waals surface area (Å²) in [5.74, 6) is 0.357. The van der Waals surface area contributed by atoms with Crippen LogP contribution in [0.25, 0.3) is 11.2 Å². The van der Waals surface area contributed by atoms with Gasteiger partial charge in [0.2, 0.25) is 5.91 Å². The van der Waals surface area contributed by atoms with Crippen LogP contribution in [0.15, 0.2) is 72.9 Å². The number of carbonyl (C=O) groups is 2. The number of aryl methyl sites for hydroxylation is 1. The number of alkyl carbamates (subject to hydrolysis) is 1. The van der Waals surface area contributed by atoms with Crippen molar-refractivity contribution in [1.82, 2.24) is 25.2 Å². The Labute approximate surface area is 230 Å². The fourth-order valence-corrected chi connectivity index (χ4v) is 3.60. The van der Waals surface area contributed by atoms with Crippen molar-refractivity contribution in [1.29, 1.82) is 0 Å². The van der Waals surface area contributed by atoms with Crippen LogP contribution < -0.4 is 10.6 Å². The first-order valence-corrected chi connectivity index (χ1v) is 12.5. The molecule has 2 amide bonds. The Kier molecular flexibility index (Phi) is 9.87. The number of imidazole rings is 1. The summed E-state index contributed by atoms with van der Waals surface area (Å²) in [5, 5.41) is 5.23. The van der Waals surface area contributed by atoms with Crippen LogP contribution in [0.1, 0.15) is 43.3 Å². The fourth-order valence-electron chi connectivity index (χ4n) is 3.60. The lowest BCUT2D eigenvalue weighted by atomic mass is 10.1. The third kappa shape index (κ3) is 9.40. The maximum absolute atomic E-state index is 12.1. The van der Waals surface area contributed by atoms with Gasteiger partial charge in [-0.25, -0.2) is 14.8 Å². The van der Waals surface area contributed by atoms with Crippen molar-refractivity contribution in [2.75, 3.05) is 6.54 Å². The number of nitrogens with zero attached hydrogens (tertiary/aromatic N) is 3. The topological polar surface area (TPSA) is 98.1 Å². The number of alkyl halides is 3. The number of halogens is 3. The first kappa shape index (κ1) is 30.1. The van der Waals surface area contributed by atoms with Crippen LogP contribution in [0.5, 0.6) is 0 Å². The second-order valence-electron chi connectivity index (χ2n) is 9.95. The molecule has 40 heavy (non-hydrogen) atoms. The largest absolute Gasteiger partial charge is 0.444 e. The lowest BCUT2D eigenvalue weighted by molar-refractivity contribution is -0.137. The van der Waals surface area contributed by atoms with Crippen LogP contribution in [-0.2, 0) is 28.8 Å². The van der Waals surface area contributed by atoms with Crippen LogP contribution in [0.3, 0.4) is 0 Å². The molecule has 2 heterocycles. The molecule has 4 aromatic rings. The third-order valence-corrected chi connectivity index (χ3v) is 5.35. The number of amides is 2. The molecule has 0 aliphatic rings. The van der Waals surface area contributed by atoms with E-state index < -0.39 is 23.4 Å². The Morgan fingerprint density at radius 3 is 2.30 bits per heavy atom. The summed E-state index contributed by atoms with van der Waals surface area (Å²) in [6.45, 7) is 7.56. The standard InChI is InChI=1S/C21H25N5O3.C8H7F3/c1-21(2,3)29-20(28)24-13-18(27)23-12-17-25-16-10-7-11-22-19(16)26(17)14-15-8-5-4-6-9-15;1-6-3-2-4-7(5-6)8(9,10)11/h4-11H,12-14H2,1-3H3,(H,23,27)(H,24,28);2-5H,1H3. The van der Waals surface area contributed by atoms with E-state index in [1.807, 2.05) is 47.0 Å². The number of fused-ring (bicyclic) bond motifs is 1. The Bertz CT molecular complexity index is 1430. The Balaban J connectivity index is 0.000000336. The van der Waals surface area contributed by atoms with E-state index in [0.717, 1.165) is 28.9 Å². The number of aromatic nitrogens is 3. The van der Waals surface area contributed by atoms with Gasteiger partial charge >= 0.3 is 12.3 Å². The van der Waals surface area contributed by atoms with E-state index in [4.69, 9.17) is 4.74 Å². The predicted octanol–water partition coefficient (Wildman–Crippen LogP) is 5.63. The van der Waals surface area contributed by atoms with Gasteiger partial charge in [0.05, 0.1) is 18.7 Å². The second-order valence-corrected chi connectivity index (χ2v) is 9.95. The number of hydrogen-bond donors (Lipinski definition) is 2. The molecule has 0 spiro atoms. The van der Waals surface area contributed by atoms with Crippen molar-refractivity contribution in [3.8, 4) is 0 Å². The maximum Gasteiger partial charge on any atom is 0.416 e. The molecule has 0 fully saturated rings. The van der Waals surface area contributed by atoms with Crippen molar-refractivity contribution in [3.05, 3.63) is 95.4 Å². The van der Waals surface area contributed by atoms with Gasteiger partial charge in [-0.2, -0.15) is 13.2 Å². The summed E-state index contributed by atoms with van der Waals surface area (Å²) < 4.78 is 43.0. The van der Waals surface area contributed by atoms with E-state index in [0.29, 0.717) is 17.9 Å². The lowest BCUT2D eigenvalue weighted by Gasteiger charge is -2.19. The summed E-state index contributed by atoms with van der Waals surface area (Å²) >= 11 is 0. The van der Waals surface area contributed by atoms with Gasteiger partial charge in [-0.15, -0.1) is 0 Å². The summed E-state index contributed by atoms with van der Waals surface area (Å²) in [4.78, 5) is 32.8. The molecule has 0 saturated carbocycles. The SMILES string of the molecule is CC(C)(C)OC(=O)NCC(=O)NCc1nc2cccnc2n1Cc1ccccc1.Cc1cccc(C(F)(F)F)c1. The predicted molar refractivity (Wildman–Crippen MR) is 145 cm³/mol. The lowest BCUT2D eigenvalue weighted by Crippen LogP contribution is -2.39. The van der Waals surface area contributed by atoms with E-state index in [1.165, 1.54) is 6.07 Å². The summed E-state index contributed by atoms with van der Waals surface area (Å²) in [6, 6.07) is 18.9. The van der Waals surface area contributed by atoms with Crippen LogP contribution >= 0.6 is 0 Å². The minimum absolute atomic E-state index is 0.175. The number of nitrogens with one attached hydrogen (secondary N) is 2. The van der Waals surface area contributed by atoms with Crippen LogP contribution in [0.4, 0.5) is 18.0 Å². The van der Waals surface area contributed by atoms with Crippen molar-refractivity contribution in [2.24, 2.45) is 0 Å². The molecule has 2 aromatic carbocycles. The average Bonchev–Trinajstić information content (AvgIpc) is 3.23. The first-order valence-electron chi connectivity index (χ1n) is 12.5. The molecule has 2 N–H and O–H groups in total. The van der Waals surface area contributed by atoms with Crippen molar-refractivity contribution >= 4 is 23.2 Å². The number of ether oxygens (including phenoxy) is 1. The molecule has 0 radical (unpaired) electrons. The van der Waals surface area contributed by atoms with Gasteiger partial charge in [-0.1, -0.05) is 54.1 Å². The van der Waals surface area contributed by atoms with Crippen LogP contribution in [0.2, 0.25) is 0 Å². The Hall–Kier alpha value is -4.41. The van der Waals surface area contributed by atoms with E-state index >= 15 is 0 Å². The smallest absolute Gasteiger partial charge is 0.416 e. The molecule has 11 heteroatoms. The second kappa shape index (κ2) is 13.1. The van der Waals surface area contributed by atoms with E-state index in [2.05, 4.69) is 20.6 Å². The summed E-state index contributed by atoms with van der Waals surface area (Å²) in [7, 11) is 0. The first-order chi connectivity index (χ1) is 18.8. The number of hydrogen-bond acceptors (Lipinski definition) is 5. The van der Waals surface area contributed by atoms with Crippen molar-refractivity contribution in [3.63, 3.8) is 0 Å². The monoisotopic (exact) mass is 555 g/mol. The number of pyridine rings is 1. The van der Waals surface area contributed by atoms with Gasteiger partial charge in [-0.3, -0.25) is 4.79 Å². The highest BCUT2D eigenvalue weighted by molar-refractivity contribution is 5.82. The third-order valence-electron chi connectivity index (χ3n) is 5.35. The molecule has 0 bridgehead atoms. The zero-order chi connectivity index (χ0) is 29.3. The normalized spacial score (nSPS) is 11.4. The minimum Gasteiger partial charge on any atom is -0.444 e. The zero-order valence-corrected chi connectivity index (χ0v) is 22.7. The fraction of sp³-hybridized carbons (Fsp3) is 0.310. The van der Waals surface area contributed by atoms with Gasteiger partial charge in [0.1, 0.15) is 23.5 Å². The van der Waals surface area contributed by atoms with E-state index in [-0.39, 0.29) is 19.0 Å². The number of benzene rings is 2. The molecular weight excluding hydrogens is 523 g/mol. The quantitative estimate of drug-likeness (QED) is 0.321. The molecule has 0 atom stereocenters. The highest BCUT2D eigenvalue weighted by atomic mass is 19.4. The molecule has 212 valence electrons. The molecule has 0 unspecified atom stereocenters. The van der Waals surface area contributed by atoms with Crippen molar-refractivity contribution in [2.45, 2.75) is 52.6 Å². The Morgan fingerprint density at radius 2 is 1.68 bits per heavy atom. The van der Waals surface area contributed by atoms with E-state index in [9.17, 15) is 22.8 Å². The molecule has 4 rings (SSSR count). The summed E-state index contributed by atoms with van der Waals surface area (Å²) in [6.07, 6.45) is -3.13. The highest BCUT2D eigenvalue weighted by Crippen LogP contribution is 2.29. The van der Waals surface area contributed by atoms with Crippen LogP contribution in [-0.4, -0.2) is 38.7 Å². The summed E-state index contributed by atoms with van der Waals surface area (Å²) in [5.41, 5.74) is 2.05. The molecule has 0 aliphatic heterocycles. The maximum atomic E-state index is 12.1.